The zero-order chi connectivity index (χ0) is 19.2. The Balaban J connectivity index is 0.00000364. The Bertz CT molecular complexity index is 740. The van der Waals surface area contributed by atoms with Crippen molar-refractivity contribution in [1.82, 2.24) is 15.2 Å². The molecule has 5 nitrogen and oxygen atoms in total. The Morgan fingerprint density at radius 3 is 2.59 bits per heavy atom. The van der Waals surface area contributed by atoms with Crippen LogP contribution in [-0.4, -0.2) is 43.6 Å². The highest BCUT2D eigenvalue weighted by molar-refractivity contribution is 14.0. The molecule has 0 aliphatic rings. The van der Waals surface area contributed by atoms with Crippen molar-refractivity contribution in [3.05, 3.63) is 45.9 Å². The quantitative estimate of drug-likeness (QED) is 0.363. The standard InChI is InChI=1S/C20H30N4OS.HI/c1-20(2,3)17-14-26-18(23-17)11-12-22-19(21-4)24(5)13-15-9-7-8-10-16(15)25-6;/h7-10,14H,11-13H2,1-6H3,(H,21,22);1H. The average Bonchev–Trinajstić information content (AvgIpc) is 3.08. The van der Waals surface area contributed by atoms with Crippen LogP contribution in [0.1, 0.15) is 37.0 Å². The van der Waals surface area contributed by atoms with Gasteiger partial charge < -0.3 is 15.0 Å². The Labute approximate surface area is 184 Å². The van der Waals surface area contributed by atoms with Crippen molar-refractivity contribution in [2.24, 2.45) is 4.99 Å². The number of aromatic nitrogens is 1. The molecule has 2 aromatic rings. The van der Waals surface area contributed by atoms with Crippen LogP contribution in [-0.2, 0) is 18.4 Å². The minimum Gasteiger partial charge on any atom is -0.496 e. The fourth-order valence-corrected chi connectivity index (χ4v) is 3.63. The van der Waals surface area contributed by atoms with E-state index in [0.29, 0.717) is 0 Å². The number of benzene rings is 1. The molecule has 0 saturated carbocycles. The fraction of sp³-hybridized carbons (Fsp3) is 0.500. The van der Waals surface area contributed by atoms with E-state index < -0.39 is 0 Å². The van der Waals surface area contributed by atoms with Gasteiger partial charge in [0.15, 0.2) is 5.96 Å². The van der Waals surface area contributed by atoms with Crippen molar-refractivity contribution in [3.8, 4) is 5.75 Å². The van der Waals surface area contributed by atoms with E-state index >= 15 is 0 Å². The average molecular weight is 502 g/mol. The van der Waals surface area contributed by atoms with Crippen molar-refractivity contribution in [2.75, 3.05) is 27.7 Å². The highest BCUT2D eigenvalue weighted by Crippen LogP contribution is 2.24. The molecule has 150 valence electrons. The molecule has 1 aromatic carbocycles. The van der Waals surface area contributed by atoms with Crippen molar-refractivity contribution >= 4 is 41.3 Å². The summed E-state index contributed by atoms with van der Waals surface area (Å²) in [5.74, 6) is 1.76. The summed E-state index contributed by atoms with van der Waals surface area (Å²) in [6, 6.07) is 8.06. The Hall–Kier alpha value is -1.35. The number of aliphatic imine (C=N–C) groups is 1. The van der Waals surface area contributed by atoms with Gasteiger partial charge in [-0.2, -0.15) is 0 Å². The van der Waals surface area contributed by atoms with Crippen molar-refractivity contribution in [2.45, 2.75) is 39.2 Å². The number of nitrogens with one attached hydrogen (secondary N) is 1. The third kappa shape index (κ3) is 6.95. The SMILES string of the molecule is CN=C(NCCc1nc(C(C)(C)C)cs1)N(C)Cc1ccccc1OC.I. The van der Waals surface area contributed by atoms with Gasteiger partial charge in [0.1, 0.15) is 5.75 Å². The molecular weight excluding hydrogens is 471 g/mol. The van der Waals surface area contributed by atoms with Crippen LogP contribution >= 0.6 is 35.3 Å². The molecule has 0 amide bonds. The summed E-state index contributed by atoms with van der Waals surface area (Å²) in [6.45, 7) is 8.12. The number of halogens is 1. The molecule has 1 heterocycles. The zero-order valence-electron chi connectivity index (χ0n) is 17.1. The van der Waals surface area contributed by atoms with E-state index in [9.17, 15) is 0 Å². The lowest BCUT2D eigenvalue weighted by Gasteiger charge is -2.23. The molecule has 0 spiro atoms. The first-order valence-corrected chi connectivity index (χ1v) is 9.71. The first-order chi connectivity index (χ1) is 12.3. The van der Waals surface area contributed by atoms with Crippen molar-refractivity contribution < 1.29 is 4.74 Å². The molecule has 0 radical (unpaired) electrons. The minimum absolute atomic E-state index is 0. The van der Waals surface area contributed by atoms with Gasteiger partial charge in [-0.25, -0.2) is 4.98 Å². The van der Waals surface area contributed by atoms with Gasteiger partial charge >= 0.3 is 0 Å². The lowest BCUT2D eigenvalue weighted by Crippen LogP contribution is -2.39. The predicted octanol–water partition coefficient (Wildman–Crippen LogP) is 4.32. The molecule has 0 atom stereocenters. The van der Waals surface area contributed by atoms with Gasteiger partial charge in [-0.05, 0) is 6.07 Å². The lowest BCUT2D eigenvalue weighted by atomic mass is 9.93. The van der Waals surface area contributed by atoms with Crippen LogP contribution in [0.25, 0.3) is 0 Å². The number of guanidine groups is 1. The second-order valence-electron chi connectivity index (χ2n) is 7.27. The zero-order valence-corrected chi connectivity index (χ0v) is 20.2. The third-order valence-corrected chi connectivity index (χ3v) is 5.02. The highest BCUT2D eigenvalue weighted by atomic mass is 127. The third-order valence-electron chi connectivity index (χ3n) is 4.12. The summed E-state index contributed by atoms with van der Waals surface area (Å²) in [6.07, 6.45) is 0.891. The fourth-order valence-electron chi connectivity index (χ4n) is 2.60. The molecule has 7 heteroatoms. The number of hydrogen-bond donors (Lipinski definition) is 1. The van der Waals surface area contributed by atoms with E-state index in [4.69, 9.17) is 9.72 Å². The molecule has 0 saturated heterocycles. The molecule has 0 aliphatic heterocycles. The molecule has 0 fully saturated rings. The van der Waals surface area contributed by atoms with Crippen LogP contribution in [0, 0.1) is 0 Å². The minimum atomic E-state index is 0. The summed E-state index contributed by atoms with van der Waals surface area (Å²) in [5.41, 5.74) is 2.40. The molecule has 27 heavy (non-hydrogen) atoms. The van der Waals surface area contributed by atoms with Gasteiger partial charge in [-0.1, -0.05) is 39.0 Å². The van der Waals surface area contributed by atoms with E-state index in [1.807, 2.05) is 32.3 Å². The number of methoxy groups -OCH3 is 1. The van der Waals surface area contributed by atoms with Gasteiger partial charge in [0.05, 0.1) is 17.8 Å². The van der Waals surface area contributed by atoms with E-state index in [0.717, 1.165) is 47.5 Å². The molecule has 1 aromatic heterocycles. The molecule has 0 bridgehead atoms. The Morgan fingerprint density at radius 2 is 2.00 bits per heavy atom. The van der Waals surface area contributed by atoms with Crippen LogP contribution in [0.15, 0.2) is 34.6 Å². The number of thiazole rings is 1. The van der Waals surface area contributed by atoms with Crippen LogP contribution < -0.4 is 10.1 Å². The van der Waals surface area contributed by atoms with E-state index in [-0.39, 0.29) is 29.4 Å². The van der Waals surface area contributed by atoms with Crippen molar-refractivity contribution in [1.29, 1.82) is 0 Å². The summed E-state index contributed by atoms with van der Waals surface area (Å²) in [5, 5.41) is 6.75. The first kappa shape index (κ1) is 23.7. The summed E-state index contributed by atoms with van der Waals surface area (Å²) in [4.78, 5) is 11.2. The largest absolute Gasteiger partial charge is 0.496 e. The highest BCUT2D eigenvalue weighted by Gasteiger charge is 2.17. The molecule has 1 N–H and O–H groups in total. The normalized spacial score (nSPS) is 11.7. The number of hydrogen-bond acceptors (Lipinski definition) is 4. The van der Waals surface area contributed by atoms with Gasteiger partial charge in [0.25, 0.3) is 0 Å². The van der Waals surface area contributed by atoms with Crippen LogP contribution in [0.5, 0.6) is 5.75 Å². The second-order valence-corrected chi connectivity index (χ2v) is 8.21. The predicted molar refractivity (Wildman–Crippen MR) is 126 cm³/mol. The maximum Gasteiger partial charge on any atom is 0.193 e. The number of nitrogens with zero attached hydrogens (tertiary/aromatic N) is 3. The summed E-state index contributed by atoms with van der Waals surface area (Å²) >= 11 is 1.73. The van der Waals surface area contributed by atoms with E-state index in [2.05, 4.69) is 47.4 Å². The van der Waals surface area contributed by atoms with Crippen LogP contribution in [0.4, 0.5) is 0 Å². The first-order valence-electron chi connectivity index (χ1n) is 8.83. The van der Waals surface area contributed by atoms with Gasteiger partial charge in [-0.3, -0.25) is 4.99 Å². The van der Waals surface area contributed by atoms with Crippen molar-refractivity contribution in [3.63, 3.8) is 0 Å². The van der Waals surface area contributed by atoms with Crippen LogP contribution in [0.2, 0.25) is 0 Å². The summed E-state index contributed by atoms with van der Waals surface area (Å²) in [7, 11) is 5.54. The van der Waals surface area contributed by atoms with E-state index in [1.54, 1.807) is 18.4 Å². The topological polar surface area (TPSA) is 49.8 Å². The molecule has 2 rings (SSSR count). The van der Waals surface area contributed by atoms with Gasteiger partial charge in [0, 0.05) is 50.0 Å². The maximum atomic E-state index is 5.43. The summed E-state index contributed by atoms with van der Waals surface area (Å²) < 4.78 is 5.43. The van der Waals surface area contributed by atoms with Crippen LogP contribution in [0.3, 0.4) is 0 Å². The molecular formula is C20H31IN4OS. The maximum absolute atomic E-state index is 5.43. The smallest absolute Gasteiger partial charge is 0.193 e. The molecule has 0 aliphatic carbocycles. The number of ether oxygens (including phenoxy) is 1. The lowest BCUT2D eigenvalue weighted by molar-refractivity contribution is 0.396. The van der Waals surface area contributed by atoms with E-state index in [1.165, 1.54) is 0 Å². The molecule has 0 unspecified atom stereocenters. The Morgan fingerprint density at radius 1 is 1.30 bits per heavy atom. The Kier molecular flexibility index (Phi) is 9.52. The number of para-hydroxylation sites is 1. The van der Waals surface area contributed by atoms with Gasteiger partial charge in [-0.15, -0.1) is 35.3 Å². The second kappa shape index (κ2) is 10.8. The monoisotopic (exact) mass is 502 g/mol. The van der Waals surface area contributed by atoms with Gasteiger partial charge in [0.2, 0.25) is 0 Å². The number of rotatable bonds is 6.